The summed E-state index contributed by atoms with van der Waals surface area (Å²) in [5, 5.41) is 12.9. The maximum absolute atomic E-state index is 13.8. The minimum atomic E-state index is -0.673. The lowest BCUT2D eigenvalue weighted by Gasteiger charge is -2.15. The minimum absolute atomic E-state index is 0.115. The molecule has 0 saturated carbocycles. The summed E-state index contributed by atoms with van der Waals surface area (Å²) in [6.45, 7) is 0.329. The molecule has 2 fully saturated rings. The van der Waals surface area contributed by atoms with E-state index >= 15 is 0 Å². The van der Waals surface area contributed by atoms with Crippen LogP contribution in [-0.4, -0.2) is 57.7 Å². The molecular weight excluding hydrogens is 422 g/mol. The number of benzene rings is 1. The van der Waals surface area contributed by atoms with E-state index in [4.69, 9.17) is 25.8 Å². The van der Waals surface area contributed by atoms with Gasteiger partial charge in [-0.15, -0.1) is 0 Å². The van der Waals surface area contributed by atoms with Crippen LogP contribution >= 0.6 is 11.6 Å². The summed E-state index contributed by atoms with van der Waals surface area (Å²) in [5.74, 6) is -1.09. The van der Waals surface area contributed by atoms with Crippen molar-refractivity contribution < 1.29 is 28.1 Å². The fourth-order valence-electron chi connectivity index (χ4n) is 3.64. The number of pyridine rings is 1. The van der Waals surface area contributed by atoms with Crippen LogP contribution in [0.15, 0.2) is 24.3 Å². The first kappa shape index (κ1) is 19.4. The molecule has 2 aromatic heterocycles. The third-order valence-corrected chi connectivity index (χ3v) is 5.43. The van der Waals surface area contributed by atoms with Gasteiger partial charge in [-0.05, 0) is 18.2 Å². The van der Waals surface area contributed by atoms with Gasteiger partial charge in [-0.3, -0.25) is 0 Å². The molecule has 4 heterocycles. The standard InChI is InChI=1S/C19H17ClF2N4O4/c20-9-4-12-18(25-17(9)23-5-8-10(21)2-1-3-11(8)22)26-19(24-12)30-14-7-29-15-13(27)6-28-16(14)15/h1-4,13-16,27H,5-7H2,(H2,23,24,25,26)/t13-,14-,15-,16-/m1/s1. The Kier molecular flexibility index (Phi) is 4.94. The van der Waals surface area contributed by atoms with Crippen molar-refractivity contribution in [3.05, 3.63) is 46.5 Å². The fraction of sp³-hybridized carbons (Fsp3) is 0.368. The molecule has 2 saturated heterocycles. The van der Waals surface area contributed by atoms with Crippen molar-refractivity contribution in [1.82, 2.24) is 15.0 Å². The summed E-state index contributed by atoms with van der Waals surface area (Å²) in [7, 11) is 0. The molecule has 5 rings (SSSR count). The predicted molar refractivity (Wildman–Crippen MR) is 102 cm³/mol. The van der Waals surface area contributed by atoms with Crippen LogP contribution in [0.5, 0.6) is 6.01 Å². The average molecular weight is 439 g/mol. The number of aliphatic hydroxyl groups is 1. The maximum atomic E-state index is 13.8. The van der Waals surface area contributed by atoms with E-state index in [1.54, 1.807) is 6.07 Å². The molecule has 0 spiro atoms. The number of fused-ring (bicyclic) bond motifs is 2. The van der Waals surface area contributed by atoms with Crippen molar-refractivity contribution in [2.75, 3.05) is 18.5 Å². The molecule has 1 aromatic carbocycles. The molecular formula is C19H17ClF2N4O4. The Bertz CT molecular complexity index is 1080. The number of aromatic amines is 1. The van der Waals surface area contributed by atoms with Crippen LogP contribution in [0.25, 0.3) is 11.2 Å². The zero-order chi connectivity index (χ0) is 20.8. The van der Waals surface area contributed by atoms with Crippen LogP contribution in [0.2, 0.25) is 5.02 Å². The van der Waals surface area contributed by atoms with E-state index in [2.05, 4.69) is 20.3 Å². The molecule has 11 heteroatoms. The zero-order valence-electron chi connectivity index (χ0n) is 15.4. The highest BCUT2D eigenvalue weighted by Crippen LogP contribution is 2.31. The van der Waals surface area contributed by atoms with Crippen LogP contribution in [-0.2, 0) is 16.0 Å². The SMILES string of the molecule is O[C@@H]1CO[C@H]2[C@@H]1OC[C@H]2Oc1nc2nc(NCc3c(F)cccc3F)c(Cl)cc2[nH]1. The average Bonchev–Trinajstić information content (AvgIpc) is 3.39. The molecule has 2 aliphatic heterocycles. The van der Waals surface area contributed by atoms with Gasteiger partial charge in [0.05, 0.1) is 23.8 Å². The van der Waals surface area contributed by atoms with Crippen molar-refractivity contribution >= 4 is 28.6 Å². The van der Waals surface area contributed by atoms with E-state index in [1.165, 1.54) is 18.2 Å². The number of hydrogen-bond donors (Lipinski definition) is 3. The molecule has 4 atom stereocenters. The zero-order valence-corrected chi connectivity index (χ0v) is 16.2. The monoisotopic (exact) mass is 438 g/mol. The molecule has 30 heavy (non-hydrogen) atoms. The van der Waals surface area contributed by atoms with Crippen molar-refractivity contribution in [1.29, 1.82) is 0 Å². The van der Waals surface area contributed by atoms with Crippen LogP contribution < -0.4 is 10.1 Å². The largest absolute Gasteiger partial charge is 0.456 e. The van der Waals surface area contributed by atoms with Crippen LogP contribution in [0, 0.1) is 11.6 Å². The van der Waals surface area contributed by atoms with Gasteiger partial charge < -0.3 is 29.6 Å². The van der Waals surface area contributed by atoms with E-state index in [0.29, 0.717) is 11.2 Å². The van der Waals surface area contributed by atoms with Crippen LogP contribution in [0.3, 0.4) is 0 Å². The molecule has 0 bridgehead atoms. The van der Waals surface area contributed by atoms with Gasteiger partial charge in [0.15, 0.2) is 11.8 Å². The Morgan fingerprint density at radius 3 is 2.77 bits per heavy atom. The second-order valence-electron chi connectivity index (χ2n) is 7.11. The molecule has 3 N–H and O–H groups in total. The molecule has 0 amide bonds. The molecule has 0 radical (unpaired) electrons. The number of aromatic nitrogens is 3. The van der Waals surface area contributed by atoms with Gasteiger partial charge >= 0.3 is 0 Å². The Morgan fingerprint density at radius 2 is 1.97 bits per heavy atom. The van der Waals surface area contributed by atoms with Gasteiger partial charge in [-0.25, -0.2) is 13.8 Å². The summed E-state index contributed by atoms with van der Waals surface area (Å²) in [4.78, 5) is 11.6. The lowest BCUT2D eigenvalue weighted by molar-refractivity contribution is 0.00706. The lowest BCUT2D eigenvalue weighted by Crippen LogP contribution is -2.34. The van der Waals surface area contributed by atoms with E-state index < -0.39 is 29.9 Å². The van der Waals surface area contributed by atoms with Crippen molar-refractivity contribution in [3.8, 4) is 6.01 Å². The topological polar surface area (TPSA) is 102 Å². The number of nitrogens with one attached hydrogen (secondary N) is 2. The lowest BCUT2D eigenvalue weighted by atomic mass is 10.1. The Morgan fingerprint density at radius 1 is 1.20 bits per heavy atom. The van der Waals surface area contributed by atoms with Gasteiger partial charge in [0.25, 0.3) is 6.01 Å². The summed E-state index contributed by atoms with van der Waals surface area (Å²) in [6, 6.07) is 5.45. The quantitative estimate of drug-likeness (QED) is 0.562. The first-order valence-electron chi connectivity index (χ1n) is 9.30. The molecule has 3 aromatic rings. The van der Waals surface area contributed by atoms with E-state index in [-0.39, 0.29) is 48.3 Å². The van der Waals surface area contributed by atoms with Crippen molar-refractivity contribution in [2.24, 2.45) is 0 Å². The summed E-state index contributed by atoms with van der Waals surface area (Å²) < 4.78 is 44.5. The van der Waals surface area contributed by atoms with Gasteiger partial charge in [-0.2, -0.15) is 4.98 Å². The third kappa shape index (κ3) is 3.45. The number of aliphatic hydroxyl groups excluding tert-OH is 1. The number of ether oxygens (including phenoxy) is 3. The smallest absolute Gasteiger partial charge is 0.296 e. The highest BCUT2D eigenvalue weighted by atomic mass is 35.5. The van der Waals surface area contributed by atoms with Gasteiger partial charge in [0, 0.05) is 12.1 Å². The highest BCUT2D eigenvalue weighted by molar-refractivity contribution is 6.33. The van der Waals surface area contributed by atoms with E-state index in [9.17, 15) is 13.9 Å². The van der Waals surface area contributed by atoms with Gasteiger partial charge in [-0.1, -0.05) is 17.7 Å². The number of rotatable bonds is 5. The third-order valence-electron chi connectivity index (χ3n) is 5.14. The Hall–Kier alpha value is -2.53. The first-order valence-corrected chi connectivity index (χ1v) is 9.68. The maximum Gasteiger partial charge on any atom is 0.296 e. The summed E-state index contributed by atoms with van der Waals surface area (Å²) in [6.07, 6.45) is -1.89. The first-order chi connectivity index (χ1) is 14.5. The second-order valence-corrected chi connectivity index (χ2v) is 7.51. The summed E-state index contributed by atoms with van der Waals surface area (Å²) >= 11 is 6.25. The number of H-pyrrole nitrogens is 1. The highest BCUT2D eigenvalue weighted by Gasteiger charge is 2.48. The number of halogens is 3. The molecule has 0 unspecified atom stereocenters. The van der Waals surface area contributed by atoms with E-state index in [0.717, 1.165) is 0 Å². The Labute approximate surface area is 174 Å². The molecule has 8 nitrogen and oxygen atoms in total. The number of nitrogens with zero attached hydrogens (tertiary/aromatic N) is 2. The van der Waals surface area contributed by atoms with Crippen LogP contribution in [0.1, 0.15) is 5.56 Å². The Balaban J connectivity index is 1.33. The fourth-order valence-corrected chi connectivity index (χ4v) is 3.86. The minimum Gasteiger partial charge on any atom is -0.456 e. The number of hydrogen-bond acceptors (Lipinski definition) is 7. The predicted octanol–water partition coefficient (Wildman–Crippen LogP) is 2.41. The molecule has 158 valence electrons. The number of imidazole rings is 1. The van der Waals surface area contributed by atoms with Gasteiger partial charge in [0.2, 0.25) is 0 Å². The van der Waals surface area contributed by atoms with Crippen molar-refractivity contribution in [3.63, 3.8) is 0 Å². The van der Waals surface area contributed by atoms with Gasteiger partial charge in [0.1, 0.15) is 35.8 Å². The normalized spacial score (nSPS) is 25.6. The van der Waals surface area contributed by atoms with E-state index in [1.807, 2.05) is 0 Å². The van der Waals surface area contributed by atoms with Crippen LogP contribution in [0.4, 0.5) is 14.6 Å². The summed E-state index contributed by atoms with van der Waals surface area (Å²) in [5.41, 5.74) is 0.727. The van der Waals surface area contributed by atoms with Crippen molar-refractivity contribution in [2.45, 2.75) is 31.0 Å². The molecule has 2 aliphatic rings. The second kappa shape index (κ2) is 7.62. The number of anilines is 1. The molecule has 0 aliphatic carbocycles.